The number of hydrogen-bond donors (Lipinski definition) is 1. The van der Waals surface area contributed by atoms with E-state index in [9.17, 15) is 8.42 Å². The Bertz CT molecular complexity index is 1050. The molecule has 0 aliphatic rings. The first-order valence-electron chi connectivity index (χ1n) is 8.17. The first kappa shape index (κ1) is 19.8. The predicted octanol–water partition coefficient (Wildman–Crippen LogP) is 5.48. The van der Waals surface area contributed by atoms with Crippen LogP contribution in [0.3, 0.4) is 0 Å². The minimum atomic E-state index is -3.82. The molecule has 0 saturated heterocycles. The zero-order chi connectivity index (χ0) is 19.6. The highest BCUT2D eigenvalue weighted by atomic mass is 79.9. The quantitative estimate of drug-likeness (QED) is 0.505. The third kappa shape index (κ3) is 4.48. The summed E-state index contributed by atoms with van der Waals surface area (Å²) in [5.74, 6) is 0.449. The van der Waals surface area contributed by atoms with Crippen molar-refractivity contribution in [3.63, 3.8) is 0 Å². The zero-order valence-corrected chi connectivity index (χ0v) is 17.8. The van der Waals surface area contributed by atoms with Gasteiger partial charge in [-0.3, -0.25) is 4.72 Å². The first-order valence-corrected chi connectivity index (χ1v) is 10.8. The first-order chi connectivity index (χ1) is 12.8. The molecule has 0 aliphatic carbocycles. The van der Waals surface area contributed by atoms with Crippen LogP contribution in [0.2, 0.25) is 5.15 Å². The van der Waals surface area contributed by atoms with Crippen LogP contribution in [0.1, 0.15) is 25.3 Å². The lowest BCUT2D eigenvalue weighted by molar-refractivity contribution is 0.601. The maximum absolute atomic E-state index is 12.8. The van der Waals surface area contributed by atoms with Gasteiger partial charge in [-0.25, -0.2) is 18.4 Å². The average molecular weight is 467 g/mol. The van der Waals surface area contributed by atoms with E-state index in [0.29, 0.717) is 17.0 Å². The molecule has 0 saturated carbocycles. The molecule has 1 N–H and O–H groups in total. The van der Waals surface area contributed by atoms with Gasteiger partial charge in [-0.1, -0.05) is 65.6 Å². The summed E-state index contributed by atoms with van der Waals surface area (Å²) in [6, 6.07) is 14.1. The van der Waals surface area contributed by atoms with Crippen LogP contribution in [0.15, 0.2) is 64.2 Å². The topological polar surface area (TPSA) is 72.0 Å². The van der Waals surface area contributed by atoms with Gasteiger partial charge in [0.1, 0.15) is 11.5 Å². The lowest BCUT2D eigenvalue weighted by atomic mass is 10.0. The molecule has 8 heteroatoms. The maximum Gasteiger partial charge on any atom is 0.263 e. The Kier molecular flexibility index (Phi) is 5.83. The largest absolute Gasteiger partial charge is 0.263 e. The Morgan fingerprint density at radius 3 is 2.22 bits per heavy atom. The molecule has 1 heterocycles. The monoisotopic (exact) mass is 465 g/mol. The smallest absolute Gasteiger partial charge is 0.263 e. The van der Waals surface area contributed by atoms with E-state index in [1.807, 2.05) is 36.4 Å². The molecule has 2 aromatic carbocycles. The minimum absolute atomic E-state index is 0.130. The molecule has 0 spiro atoms. The van der Waals surface area contributed by atoms with Crippen LogP contribution in [-0.4, -0.2) is 18.4 Å². The van der Waals surface area contributed by atoms with Gasteiger partial charge in [0, 0.05) is 4.47 Å². The number of halogens is 2. The molecule has 3 aromatic rings. The van der Waals surface area contributed by atoms with Gasteiger partial charge in [-0.15, -0.1) is 0 Å². The number of hydrogen-bond acceptors (Lipinski definition) is 4. The van der Waals surface area contributed by atoms with E-state index in [1.54, 1.807) is 12.1 Å². The lowest BCUT2D eigenvalue weighted by Crippen LogP contribution is -2.15. The Balaban J connectivity index is 2.00. The van der Waals surface area contributed by atoms with Crippen molar-refractivity contribution in [2.24, 2.45) is 0 Å². The summed E-state index contributed by atoms with van der Waals surface area (Å²) in [5, 5.41) is 0.167. The summed E-state index contributed by atoms with van der Waals surface area (Å²) in [7, 11) is -3.82. The molecule has 0 unspecified atom stereocenters. The summed E-state index contributed by atoms with van der Waals surface area (Å²) in [4.78, 5) is 8.23. The number of nitrogens with zero attached hydrogens (tertiary/aromatic N) is 2. The van der Waals surface area contributed by atoms with Crippen molar-refractivity contribution in [3.8, 4) is 11.1 Å². The molecular weight excluding hydrogens is 450 g/mol. The average Bonchev–Trinajstić information content (AvgIpc) is 2.63. The molecular formula is C19H17BrClN3O2S. The second kappa shape index (κ2) is 7.96. The van der Waals surface area contributed by atoms with Gasteiger partial charge in [0.15, 0.2) is 5.82 Å². The van der Waals surface area contributed by atoms with Gasteiger partial charge < -0.3 is 0 Å². The molecule has 0 bridgehead atoms. The normalized spacial score (nSPS) is 11.6. The Hall–Kier alpha value is -1.96. The van der Waals surface area contributed by atoms with Crippen LogP contribution < -0.4 is 4.72 Å². The SMILES string of the molecule is CC(C)c1ccc(S(=O)(=O)Nc2ncnc(Cl)c2-c2ccc(Br)cc2)cc1. The highest BCUT2D eigenvalue weighted by Gasteiger charge is 2.20. The third-order valence-electron chi connectivity index (χ3n) is 4.02. The van der Waals surface area contributed by atoms with Crippen LogP contribution in [0.4, 0.5) is 5.82 Å². The van der Waals surface area contributed by atoms with E-state index < -0.39 is 10.0 Å². The summed E-state index contributed by atoms with van der Waals surface area (Å²) in [6.07, 6.45) is 1.23. The lowest BCUT2D eigenvalue weighted by Gasteiger charge is -2.13. The summed E-state index contributed by atoms with van der Waals surface area (Å²) in [6.45, 7) is 4.10. The summed E-state index contributed by atoms with van der Waals surface area (Å²) >= 11 is 9.61. The van der Waals surface area contributed by atoms with Crippen LogP contribution in [0.5, 0.6) is 0 Å². The number of anilines is 1. The Morgan fingerprint density at radius 1 is 1.00 bits per heavy atom. The van der Waals surface area contributed by atoms with E-state index in [1.165, 1.54) is 6.33 Å². The predicted molar refractivity (Wildman–Crippen MR) is 112 cm³/mol. The van der Waals surface area contributed by atoms with Crippen LogP contribution in [0, 0.1) is 0 Å². The maximum atomic E-state index is 12.8. The molecule has 1 aromatic heterocycles. The molecule has 5 nitrogen and oxygen atoms in total. The van der Waals surface area contributed by atoms with Gasteiger partial charge in [0.2, 0.25) is 0 Å². The third-order valence-corrected chi connectivity index (χ3v) is 6.19. The molecule has 0 atom stereocenters. The van der Waals surface area contributed by atoms with Crippen LogP contribution in [0.25, 0.3) is 11.1 Å². The molecule has 3 rings (SSSR count). The van der Waals surface area contributed by atoms with Crippen molar-refractivity contribution in [3.05, 3.63) is 70.0 Å². The van der Waals surface area contributed by atoms with Crippen LogP contribution >= 0.6 is 27.5 Å². The second-order valence-corrected chi connectivity index (χ2v) is 9.18. The number of benzene rings is 2. The fourth-order valence-electron chi connectivity index (χ4n) is 2.53. The summed E-state index contributed by atoms with van der Waals surface area (Å²) in [5.41, 5.74) is 2.19. The number of aromatic nitrogens is 2. The highest BCUT2D eigenvalue weighted by molar-refractivity contribution is 9.10. The fraction of sp³-hybridized carbons (Fsp3) is 0.158. The van der Waals surface area contributed by atoms with Gasteiger partial charge in [-0.2, -0.15) is 0 Å². The number of sulfonamides is 1. The number of rotatable bonds is 5. The standard InChI is InChI=1S/C19H17BrClN3O2S/c1-12(2)13-5-9-16(10-6-13)27(25,26)24-19-17(18(21)22-11-23-19)14-3-7-15(20)8-4-14/h3-12H,1-2H3,(H,22,23,24). The molecule has 0 aliphatic heterocycles. The molecule has 0 amide bonds. The molecule has 0 radical (unpaired) electrons. The van der Waals surface area contributed by atoms with Crippen LogP contribution in [-0.2, 0) is 10.0 Å². The van der Waals surface area contributed by atoms with Crippen molar-refractivity contribution >= 4 is 43.4 Å². The minimum Gasteiger partial charge on any atom is -0.263 e. The Labute approximate surface area is 172 Å². The number of nitrogens with one attached hydrogen (secondary N) is 1. The molecule has 0 fully saturated rings. The summed E-state index contributed by atoms with van der Waals surface area (Å²) < 4.78 is 29.0. The Morgan fingerprint density at radius 2 is 1.63 bits per heavy atom. The molecule has 140 valence electrons. The van der Waals surface area contributed by atoms with E-state index in [0.717, 1.165) is 10.0 Å². The van der Waals surface area contributed by atoms with Gasteiger partial charge in [-0.05, 0) is 41.3 Å². The van der Waals surface area contributed by atoms with Crippen molar-refractivity contribution in [1.82, 2.24) is 9.97 Å². The van der Waals surface area contributed by atoms with Crippen molar-refractivity contribution < 1.29 is 8.42 Å². The zero-order valence-electron chi connectivity index (χ0n) is 14.6. The van der Waals surface area contributed by atoms with E-state index >= 15 is 0 Å². The van der Waals surface area contributed by atoms with E-state index in [-0.39, 0.29) is 15.9 Å². The molecule has 27 heavy (non-hydrogen) atoms. The van der Waals surface area contributed by atoms with Gasteiger partial charge in [0.05, 0.1) is 10.5 Å². The van der Waals surface area contributed by atoms with Crippen molar-refractivity contribution in [1.29, 1.82) is 0 Å². The van der Waals surface area contributed by atoms with Crippen molar-refractivity contribution in [2.75, 3.05) is 4.72 Å². The highest BCUT2D eigenvalue weighted by Crippen LogP contribution is 2.33. The fourth-order valence-corrected chi connectivity index (χ4v) is 4.06. The second-order valence-electron chi connectivity index (χ2n) is 6.22. The van der Waals surface area contributed by atoms with Gasteiger partial charge >= 0.3 is 0 Å². The van der Waals surface area contributed by atoms with Gasteiger partial charge in [0.25, 0.3) is 10.0 Å². The van der Waals surface area contributed by atoms with Crippen molar-refractivity contribution in [2.45, 2.75) is 24.7 Å². The van der Waals surface area contributed by atoms with E-state index in [4.69, 9.17) is 11.6 Å². The van der Waals surface area contributed by atoms with E-state index in [2.05, 4.69) is 44.5 Å².